The zero-order valence-corrected chi connectivity index (χ0v) is 15.7. The van der Waals surface area contributed by atoms with Gasteiger partial charge in [0.05, 0.1) is 6.54 Å². The first-order valence-electron chi connectivity index (χ1n) is 9.53. The van der Waals surface area contributed by atoms with Gasteiger partial charge in [0.1, 0.15) is 11.4 Å². The van der Waals surface area contributed by atoms with Gasteiger partial charge >= 0.3 is 5.69 Å². The highest BCUT2D eigenvalue weighted by atomic mass is 19.1. The average molecular weight is 384 g/mol. The van der Waals surface area contributed by atoms with E-state index >= 15 is 0 Å². The molecule has 0 aliphatic carbocycles. The van der Waals surface area contributed by atoms with E-state index in [1.54, 1.807) is 22.8 Å². The number of aromatic nitrogens is 4. The fourth-order valence-electron chi connectivity index (χ4n) is 3.63. The van der Waals surface area contributed by atoms with Crippen LogP contribution < -0.4 is 11.2 Å². The summed E-state index contributed by atoms with van der Waals surface area (Å²) in [5.74, 6) is 0.159. The van der Waals surface area contributed by atoms with E-state index in [9.17, 15) is 14.0 Å². The second-order valence-corrected chi connectivity index (χ2v) is 6.91. The zero-order valence-electron chi connectivity index (χ0n) is 15.7. The Morgan fingerprint density at radius 1 is 1.18 bits per heavy atom. The van der Waals surface area contributed by atoms with Crippen molar-refractivity contribution < 1.29 is 8.91 Å². The Morgan fingerprint density at radius 3 is 2.75 bits per heavy atom. The Kier molecular flexibility index (Phi) is 4.93. The fraction of sp³-hybridized carbons (Fsp3) is 0.400. The summed E-state index contributed by atoms with van der Waals surface area (Å²) in [4.78, 5) is 30.7. The van der Waals surface area contributed by atoms with Crippen LogP contribution >= 0.6 is 0 Å². The Morgan fingerprint density at radius 2 is 2.00 bits per heavy atom. The molecule has 0 N–H and O–H groups in total. The summed E-state index contributed by atoms with van der Waals surface area (Å²) in [6, 6.07) is 6.14. The van der Waals surface area contributed by atoms with E-state index in [-0.39, 0.29) is 23.5 Å². The molecule has 4 rings (SSSR count). The van der Waals surface area contributed by atoms with Crippen LogP contribution in [0.4, 0.5) is 4.39 Å². The largest absolute Gasteiger partial charge is 0.339 e. The second-order valence-electron chi connectivity index (χ2n) is 6.91. The van der Waals surface area contributed by atoms with Crippen LogP contribution in [0.25, 0.3) is 11.4 Å². The first-order chi connectivity index (χ1) is 13.6. The maximum absolute atomic E-state index is 14.2. The van der Waals surface area contributed by atoms with E-state index in [1.165, 1.54) is 6.07 Å². The summed E-state index contributed by atoms with van der Waals surface area (Å²) in [5, 5.41) is 3.96. The minimum atomic E-state index is -0.509. The molecule has 146 valence electrons. The van der Waals surface area contributed by atoms with Crippen molar-refractivity contribution in [3.05, 3.63) is 68.1 Å². The van der Waals surface area contributed by atoms with Crippen LogP contribution in [0.15, 0.2) is 38.4 Å². The van der Waals surface area contributed by atoms with Crippen LogP contribution in [-0.4, -0.2) is 19.3 Å². The number of aryl methyl sites for hydroxylation is 1. The number of benzene rings is 1. The number of hydrogen-bond donors (Lipinski definition) is 0. The van der Waals surface area contributed by atoms with E-state index in [4.69, 9.17) is 4.52 Å². The van der Waals surface area contributed by atoms with Gasteiger partial charge in [-0.25, -0.2) is 9.18 Å². The van der Waals surface area contributed by atoms with Crippen molar-refractivity contribution in [2.45, 2.75) is 52.1 Å². The van der Waals surface area contributed by atoms with Crippen LogP contribution in [0.5, 0.6) is 0 Å². The number of fused-ring (bicyclic) bond motifs is 1. The van der Waals surface area contributed by atoms with Gasteiger partial charge in [0.15, 0.2) is 0 Å². The molecular formula is C20H21FN4O3. The third-order valence-electron chi connectivity index (χ3n) is 5.11. The van der Waals surface area contributed by atoms with Gasteiger partial charge in [-0.15, -0.1) is 0 Å². The van der Waals surface area contributed by atoms with Gasteiger partial charge in [-0.1, -0.05) is 36.7 Å². The summed E-state index contributed by atoms with van der Waals surface area (Å²) >= 11 is 0. The molecule has 0 saturated heterocycles. The number of halogens is 1. The van der Waals surface area contributed by atoms with Crippen molar-refractivity contribution >= 4 is 0 Å². The van der Waals surface area contributed by atoms with Crippen molar-refractivity contribution in [3.8, 4) is 11.4 Å². The monoisotopic (exact) mass is 384 g/mol. The lowest BCUT2D eigenvalue weighted by Crippen LogP contribution is -2.43. The summed E-state index contributed by atoms with van der Waals surface area (Å²) in [6.07, 6.45) is 3.83. The first-order valence-corrected chi connectivity index (χ1v) is 9.53. The molecule has 0 spiro atoms. The lowest BCUT2D eigenvalue weighted by atomic mass is 10.1. The van der Waals surface area contributed by atoms with Crippen molar-refractivity contribution in [1.29, 1.82) is 0 Å². The Bertz CT molecular complexity index is 1130. The van der Waals surface area contributed by atoms with E-state index in [2.05, 4.69) is 10.1 Å². The summed E-state index contributed by atoms with van der Waals surface area (Å²) in [5.41, 5.74) is 0.268. The Labute approximate surface area is 160 Å². The smallest absolute Gasteiger partial charge is 0.331 e. The summed E-state index contributed by atoms with van der Waals surface area (Å²) in [6.45, 7) is 2.25. The standard InChI is InChI=1S/C20H21FN4O3/c1-2-16-22-18(23-28-16)17-15-10-4-3-7-11-24(15)20(27)25(19(17)26)12-13-8-5-6-9-14(13)21/h5-6,8-9H,2-4,7,10-12H2,1H3. The first kappa shape index (κ1) is 18.3. The summed E-state index contributed by atoms with van der Waals surface area (Å²) in [7, 11) is 0. The Hall–Kier alpha value is -3.03. The topological polar surface area (TPSA) is 82.9 Å². The minimum absolute atomic E-state index is 0.143. The number of hydrogen-bond acceptors (Lipinski definition) is 5. The lowest BCUT2D eigenvalue weighted by Gasteiger charge is -2.16. The third kappa shape index (κ3) is 3.19. The molecule has 0 fully saturated rings. The molecule has 0 bridgehead atoms. The van der Waals surface area contributed by atoms with Gasteiger partial charge in [0, 0.05) is 24.2 Å². The van der Waals surface area contributed by atoms with Gasteiger partial charge in [0.25, 0.3) is 5.56 Å². The molecule has 28 heavy (non-hydrogen) atoms. The Balaban J connectivity index is 1.95. The van der Waals surface area contributed by atoms with Gasteiger partial charge in [0.2, 0.25) is 11.7 Å². The highest BCUT2D eigenvalue weighted by Gasteiger charge is 2.25. The van der Waals surface area contributed by atoms with Crippen LogP contribution in [0.1, 0.15) is 43.3 Å². The van der Waals surface area contributed by atoms with Gasteiger partial charge in [-0.2, -0.15) is 4.98 Å². The molecule has 0 saturated carbocycles. The maximum Gasteiger partial charge on any atom is 0.331 e. The molecule has 8 heteroatoms. The number of nitrogens with zero attached hydrogens (tertiary/aromatic N) is 4. The van der Waals surface area contributed by atoms with E-state index in [0.717, 1.165) is 23.8 Å². The van der Waals surface area contributed by atoms with Crippen LogP contribution in [0.3, 0.4) is 0 Å². The highest BCUT2D eigenvalue weighted by Crippen LogP contribution is 2.22. The molecule has 1 aliphatic rings. The quantitative estimate of drug-likeness (QED) is 0.690. The molecule has 0 radical (unpaired) electrons. The molecule has 7 nitrogen and oxygen atoms in total. The molecule has 1 aromatic carbocycles. The maximum atomic E-state index is 14.2. The number of rotatable bonds is 4. The van der Waals surface area contributed by atoms with Crippen molar-refractivity contribution in [3.63, 3.8) is 0 Å². The normalized spacial score (nSPS) is 13.9. The molecule has 3 aromatic rings. The molecule has 2 aromatic heterocycles. The average Bonchev–Trinajstić information content (AvgIpc) is 3.03. The van der Waals surface area contributed by atoms with Gasteiger partial charge in [-0.3, -0.25) is 13.9 Å². The fourth-order valence-corrected chi connectivity index (χ4v) is 3.63. The van der Waals surface area contributed by atoms with Crippen molar-refractivity contribution in [1.82, 2.24) is 19.3 Å². The van der Waals surface area contributed by atoms with Crippen LogP contribution in [-0.2, 0) is 25.9 Å². The van der Waals surface area contributed by atoms with Crippen molar-refractivity contribution in [2.75, 3.05) is 0 Å². The predicted octanol–water partition coefficient (Wildman–Crippen LogP) is 2.54. The molecule has 0 amide bonds. The van der Waals surface area contributed by atoms with E-state index in [0.29, 0.717) is 31.0 Å². The predicted molar refractivity (Wildman–Crippen MR) is 101 cm³/mol. The molecular weight excluding hydrogens is 363 g/mol. The third-order valence-corrected chi connectivity index (χ3v) is 5.11. The molecule has 0 unspecified atom stereocenters. The van der Waals surface area contributed by atoms with Crippen LogP contribution in [0.2, 0.25) is 0 Å². The second kappa shape index (κ2) is 7.53. The van der Waals surface area contributed by atoms with Crippen molar-refractivity contribution in [2.24, 2.45) is 0 Å². The summed E-state index contributed by atoms with van der Waals surface area (Å²) < 4.78 is 22.0. The van der Waals surface area contributed by atoms with E-state index < -0.39 is 17.1 Å². The highest BCUT2D eigenvalue weighted by molar-refractivity contribution is 5.56. The van der Waals surface area contributed by atoms with Gasteiger partial charge < -0.3 is 4.52 Å². The van der Waals surface area contributed by atoms with Crippen LogP contribution in [0, 0.1) is 5.82 Å². The van der Waals surface area contributed by atoms with E-state index in [1.807, 2.05) is 6.92 Å². The SMILES string of the molecule is CCc1nc(-c2c3n(c(=O)n(Cc4ccccc4F)c2=O)CCCCC3)no1. The van der Waals surface area contributed by atoms with Gasteiger partial charge in [-0.05, 0) is 25.3 Å². The lowest BCUT2D eigenvalue weighted by molar-refractivity contribution is 0.382. The molecule has 1 aliphatic heterocycles. The zero-order chi connectivity index (χ0) is 19.7. The molecule has 3 heterocycles. The molecule has 0 atom stereocenters. The minimum Gasteiger partial charge on any atom is -0.339 e.